The minimum Gasteiger partial charge on any atom is -0.309 e. The molecule has 4 heteroatoms. The second kappa shape index (κ2) is 18.4. The third-order valence-corrected chi connectivity index (χ3v) is 15.3. The maximum atomic E-state index is 5.55. The molecule has 0 saturated carbocycles. The zero-order valence-corrected chi connectivity index (χ0v) is 43.9. The highest BCUT2D eigenvalue weighted by atomic mass is 15.0. The molecule has 0 spiro atoms. The highest BCUT2D eigenvalue weighted by Crippen LogP contribution is 2.47. The van der Waals surface area contributed by atoms with Crippen molar-refractivity contribution >= 4 is 43.6 Å². The van der Waals surface area contributed by atoms with Crippen molar-refractivity contribution in [3.8, 4) is 78.7 Å². The first-order valence-electron chi connectivity index (χ1n) is 26.5. The van der Waals surface area contributed by atoms with Crippen LogP contribution in [0.3, 0.4) is 0 Å². The highest BCUT2D eigenvalue weighted by molar-refractivity contribution is 6.14. The molecule has 0 N–H and O–H groups in total. The van der Waals surface area contributed by atoms with Gasteiger partial charge in [0.25, 0.3) is 0 Å². The molecule has 4 nitrogen and oxygen atoms in total. The third-order valence-electron chi connectivity index (χ3n) is 15.3. The summed E-state index contributed by atoms with van der Waals surface area (Å²) < 4.78 is 4.99. The van der Waals surface area contributed by atoms with Crippen molar-refractivity contribution in [2.75, 3.05) is 0 Å². The van der Waals surface area contributed by atoms with Gasteiger partial charge in [0.1, 0.15) is 0 Å². The van der Waals surface area contributed by atoms with Crippen molar-refractivity contribution in [1.82, 2.24) is 19.1 Å². The first kappa shape index (κ1) is 46.7. The van der Waals surface area contributed by atoms with Crippen molar-refractivity contribution in [1.29, 1.82) is 0 Å². The average Bonchev–Trinajstić information content (AvgIpc) is 3.98. The van der Waals surface area contributed by atoms with Crippen molar-refractivity contribution in [3.63, 3.8) is 0 Å². The first-order valence-corrected chi connectivity index (χ1v) is 26.5. The Hall–Kier alpha value is -9.12. The van der Waals surface area contributed by atoms with Crippen LogP contribution in [0.2, 0.25) is 0 Å². The standard InChI is InChI=1S/C72H58N4/c1-71(2,3)53-36-40-66-59(44-53)60-45-54(72(4,5)6)37-41-67(60)76(66)68-33-21-31-56(70-73-61(49-26-15-9-16-27-49)46-62(74-70)50-28-17-10-18-29-50)69(68)55-30-19-20-32-63(55)75-64-38-34-51(47-22-11-7-12-23-47)42-57(64)58-43-52(35-39-65(58)75)48-24-13-8-14-25-48/h7-46H,1-6H3. The predicted octanol–water partition coefficient (Wildman–Crippen LogP) is 19.3. The van der Waals surface area contributed by atoms with Crippen molar-refractivity contribution in [2.45, 2.75) is 52.4 Å². The van der Waals surface area contributed by atoms with E-state index in [2.05, 4.69) is 293 Å². The Balaban J connectivity index is 1.15. The van der Waals surface area contributed by atoms with Gasteiger partial charge in [0.05, 0.1) is 44.8 Å². The fourth-order valence-corrected chi connectivity index (χ4v) is 11.3. The summed E-state index contributed by atoms with van der Waals surface area (Å²) in [6, 6.07) is 88.4. The van der Waals surface area contributed by atoms with Crippen molar-refractivity contribution in [2.24, 2.45) is 0 Å². The molecule has 10 aromatic carbocycles. The van der Waals surface area contributed by atoms with Crippen molar-refractivity contribution in [3.05, 3.63) is 254 Å². The second-order valence-electron chi connectivity index (χ2n) is 22.2. The lowest BCUT2D eigenvalue weighted by Gasteiger charge is -2.22. The van der Waals surface area contributed by atoms with Crippen LogP contribution in [-0.2, 0) is 10.8 Å². The molecule has 3 heterocycles. The predicted molar refractivity (Wildman–Crippen MR) is 321 cm³/mol. The monoisotopic (exact) mass is 978 g/mol. The Morgan fingerprint density at radius 1 is 0.289 bits per heavy atom. The Kier molecular flexibility index (Phi) is 11.3. The Morgan fingerprint density at radius 2 is 0.658 bits per heavy atom. The van der Waals surface area contributed by atoms with E-state index in [1.54, 1.807) is 0 Å². The summed E-state index contributed by atoms with van der Waals surface area (Å²) in [5, 5.41) is 4.85. The SMILES string of the molecule is CC(C)(C)c1ccc2c(c1)c1cc(C(C)(C)C)ccc1n2-c1cccc(-c2nc(-c3ccccc3)cc(-c3ccccc3)n2)c1-c1ccccc1-n1c2ccc(-c3ccccc3)cc2c2cc(-c3ccccc3)ccc21. The molecule has 0 bridgehead atoms. The lowest BCUT2D eigenvalue weighted by molar-refractivity contribution is 0.590. The molecule has 0 fully saturated rings. The molecule has 0 unspecified atom stereocenters. The topological polar surface area (TPSA) is 35.6 Å². The zero-order valence-electron chi connectivity index (χ0n) is 43.9. The molecule has 366 valence electrons. The molecule has 76 heavy (non-hydrogen) atoms. The lowest BCUT2D eigenvalue weighted by atomic mass is 9.85. The van der Waals surface area contributed by atoms with Gasteiger partial charge in [-0.3, -0.25) is 0 Å². The Morgan fingerprint density at radius 3 is 1.12 bits per heavy atom. The van der Waals surface area contributed by atoms with Crippen LogP contribution in [0.1, 0.15) is 52.7 Å². The minimum absolute atomic E-state index is 0.0438. The van der Waals surface area contributed by atoms with E-state index < -0.39 is 0 Å². The summed E-state index contributed by atoms with van der Waals surface area (Å²) >= 11 is 0. The van der Waals surface area contributed by atoms with E-state index in [0.29, 0.717) is 5.82 Å². The molecule has 0 atom stereocenters. The second-order valence-corrected chi connectivity index (χ2v) is 22.2. The summed E-state index contributed by atoms with van der Waals surface area (Å²) in [7, 11) is 0. The van der Waals surface area contributed by atoms with Crippen LogP contribution >= 0.6 is 0 Å². The number of benzene rings is 10. The van der Waals surface area contributed by atoms with E-state index in [1.165, 1.54) is 54.9 Å². The van der Waals surface area contributed by atoms with Crippen LogP contribution in [-0.4, -0.2) is 19.1 Å². The van der Waals surface area contributed by atoms with E-state index in [4.69, 9.17) is 9.97 Å². The summed E-state index contributed by atoms with van der Waals surface area (Å²) in [5.41, 5.74) is 20.7. The molecule has 0 amide bonds. The Bertz CT molecular complexity index is 4100. The number of para-hydroxylation sites is 1. The summed E-state index contributed by atoms with van der Waals surface area (Å²) in [6.45, 7) is 13.8. The molecular weight excluding hydrogens is 921 g/mol. The van der Waals surface area contributed by atoms with Crippen LogP contribution in [0.4, 0.5) is 0 Å². The zero-order chi connectivity index (χ0) is 51.7. The van der Waals surface area contributed by atoms with Crippen LogP contribution in [0.5, 0.6) is 0 Å². The quantitative estimate of drug-likeness (QED) is 0.152. The summed E-state index contributed by atoms with van der Waals surface area (Å²) in [6.07, 6.45) is 0. The maximum absolute atomic E-state index is 5.55. The van der Waals surface area contributed by atoms with Gasteiger partial charge in [-0.1, -0.05) is 217 Å². The third kappa shape index (κ3) is 8.18. The van der Waals surface area contributed by atoms with Crippen LogP contribution in [0.15, 0.2) is 243 Å². The smallest absolute Gasteiger partial charge is 0.161 e. The Labute approximate surface area is 445 Å². The van der Waals surface area contributed by atoms with Gasteiger partial charge in [-0.15, -0.1) is 0 Å². The van der Waals surface area contributed by atoms with E-state index in [-0.39, 0.29) is 10.8 Å². The molecule has 0 aliphatic carbocycles. The highest BCUT2D eigenvalue weighted by Gasteiger charge is 2.27. The van der Waals surface area contributed by atoms with E-state index in [0.717, 1.165) is 72.6 Å². The molecule has 3 aromatic heterocycles. The molecule has 0 saturated heterocycles. The molecule has 0 aliphatic heterocycles. The largest absolute Gasteiger partial charge is 0.309 e. The number of aromatic nitrogens is 4. The van der Waals surface area contributed by atoms with Gasteiger partial charge in [0, 0.05) is 49.4 Å². The first-order chi connectivity index (χ1) is 37.0. The van der Waals surface area contributed by atoms with Gasteiger partial charge in [0.2, 0.25) is 0 Å². The number of rotatable bonds is 8. The molecular formula is C72H58N4. The molecule has 0 aliphatic rings. The normalized spacial score (nSPS) is 12.1. The fourth-order valence-electron chi connectivity index (χ4n) is 11.3. The van der Waals surface area contributed by atoms with Gasteiger partial charge in [-0.25, -0.2) is 9.97 Å². The lowest BCUT2D eigenvalue weighted by Crippen LogP contribution is -2.10. The van der Waals surface area contributed by atoms with E-state index in [9.17, 15) is 0 Å². The van der Waals surface area contributed by atoms with Crippen LogP contribution in [0.25, 0.3) is 122 Å². The van der Waals surface area contributed by atoms with E-state index >= 15 is 0 Å². The maximum Gasteiger partial charge on any atom is 0.161 e. The number of nitrogens with zero attached hydrogens (tertiary/aromatic N) is 4. The van der Waals surface area contributed by atoms with Gasteiger partial charge in [0.15, 0.2) is 5.82 Å². The van der Waals surface area contributed by atoms with Gasteiger partial charge >= 0.3 is 0 Å². The summed E-state index contributed by atoms with van der Waals surface area (Å²) in [5.74, 6) is 0.653. The molecule has 0 radical (unpaired) electrons. The van der Waals surface area contributed by atoms with Crippen LogP contribution < -0.4 is 0 Å². The number of hydrogen-bond donors (Lipinski definition) is 0. The van der Waals surface area contributed by atoms with E-state index in [1.807, 2.05) is 0 Å². The van der Waals surface area contributed by atoms with Gasteiger partial charge in [-0.2, -0.15) is 0 Å². The summed E-state index contributed by atoms with van der Waals surface area (Å²) in [4.78, 5) is 11.1. The van der Waals surface area contributed by atoms with Gasteiger partial charge in [-0.05, 0) is 111 Å². The van der Waals surface area contributed by atoms with Crippen LogP contribution in [0, 0.1) is 0 Å². The van der Waals surface area contributed by atoms with Crippen molar-refractivity contribution < 1.29 is 0 Å². The average molecular weight is 979 g/mol. The molecule has 13 aromatic rings. The minimum atomic E-state index is -0.0438. The number of fused-ring (bicyclic) bond motifs is 6. The molecule has 13 rings (SSSR count). The fraction of sp³-hybridized carbons (Fsp3) is 0.111. The van der Waals surface area contributed by atoms with Gasteiger partial charge < -0.3 is 9.13 Å². The number of hydrogen-bond acceptors (Lipinski definition) is 2.